The van der Waals surface area contributed by atoms with Crippen LogP contribution < -0.4 is 11.1 Å². The highest BCUT2D eigenvalue weighted by Crippen LogP contribution is 2.19. The predicted molar refractivity (Wildman–Crippen MR) is 82.8 cm³/mol. The van der Waals surface area contributed by atoms with Crippen LogP contribution in [-0.4, -0.2) is 36.3 Å². The number of hydrogen-bond acceptors (Lipinski definition) is 3. The Morgan fingerprint density at radius 3 is 2.43 bits per heavy atom. The van der Waals surface area contributed by atoms with E-state index in [1.165, 1.54) is 6.42 Å². The van der Waals surface area contributed by atoms with Crippen molar-refractivity contribution in [3.05, 3.63) is 29.8 Å². The van der Waals surface area contributed by atoms with Crippen LogP contribution in [0.2, 0.25) is 0 Å². The van der Waals surface area contributed by atoms with Gasteiger partial charge in [-0.2, -0.15) is 0 Å². The number of carbonyl (C=O) groups excluding carboxylic acids is 2. The van der Waals surface area contributed by atoms with Crippen molar-refractivity contribution in [1.29, 1.82) is 0 Å². The maximum atomic E-state index is 12.1. The van der Waals surface area contributed by atoms with E-state index in [1.54, 1.807) is 24.3 Å². The zero-order chi connectivity index (χ0) is 15.2. The molecule has 0 spiro atoms. The van der Waals surface area contributed by atoms with Crippen LogP contribution in [0.4, 0.5) is 5.69 Å². The van der Waals surface area contributed by atoms with Crippen LogP contribution >= 0.6 is 0 Å². The highest BCUT2D eigenvalue weighted by atomic mass is 16.2. The second kappa shape index (κ2) is 7.11. The number of rotatable bonds is 4. The van der Waals surface area contributed by atoms with E-state index in [-0.39, 0.29) is 18.4 Å². The molecule has 2 amide bonds. The van der Waals surface area contributed by atoms with Gasteiger partial charge in [-0.3, -0.25) is 9.59 Å². The standard InChI is InChI=1S/C16H23N3O2/c1-2-12-7-9-19(10-8-12)15(20)11-18-16(21)13-3-5-14(17)6-4-13/h3-6,12H,2,7-11,17H2,1H3,(H,18,21). The number of benzene rings is 1. The largest absolute Gasteiger partial charge is 0.399 e. The van der Waals surface area contributed by atoms with Crippen LogP contribution in [0, 0.1) is 5.92 Å². The summed E-state index contributed by atoms with van der Waals surface area (Å²) in [6.07, 6.45) is 3.30. The van der Waals surface area contributed by atoms with Gasteiger partial charge in [0.2, 0.25) is 5.91 Å². The molecule has 2 rings (SSSR count). The number of nitrogens with two attached hydrogens (primary N) is 1. The highest BCUT2D eigenvalue weighted by Gasteiger charge is 2.21. The summed E-state index contributed by atoms with van der Waals surface area (Å²) in [6, 6.07) is 6.66. The van der Waals surface area contributed by atoms with Crippen molar-refractivity contribution < 1.29 is 9.59 Å². The van der Waals surface area contributed by atoms with Gasteiger partial charge < -0.3 is 16.0 Å². The van der Waals surface area contributed by atoms with Gasteiger partial charge >= 0.3 is 0 Å². The summed E-state index contributed by atoms with van der Waals surface area (Å²) in [7, 11) is 0. The first-order valence-electron chi connectivity index (χ1n) is 7.51. The molecule has 1 aliphatic rings. The number of amides is 2. The molecule has 1 aromatic rings. The smallest absolute Gasteiger partial charge is 0.251 e. The molecule has 114 valence electrons. The van der Waals surface area contributed by atoms with E-state index in [4.69, 9.17) is 5.73 Å². The van der Waals surface area contributed by atoms with Crippen LogP contribution in [0.25, 0.3) is 0 Å². The first-order valence-corrected chi connectivity index (χ1v) is 7.51. The molecule has 21 heavy (non-hydrogen) atoms. The van der Waals surface area contributed by atoms with Crippen molar-refractivity contribution in [2.75, 3.05) is 25.4 Å². The minimum Gasteiger partial charge on any atom is -0.399 e. The molecule has 0 radical (unpaired) electrons. The van der Waals surface area contributed by atoms with Crippen molar-refractivity contribution in [3.8, 4) is 0 Å². The average molecular weight is 289 g/mol. The van der Waals surface area contributed by atoms with Gasteiger partial charge in [-0.05, 0) is 43.0 Å². The minimum absolute atomic E-state index is 0.00616. The topological polar surface area (TPSA) is 75.4 Å². The maximum Gasteiger partial charge on any atom is 0.251 e. The van der Waals surface area contributed by atoms with Gasteiger partial charge in [-0.1, -0.05) is 13.3 Å². The fourth-order valence-electron chi connectivity index (χ4n) is 2.59. The molecular weight excluding hydrogens is 266 g/mol. The molecule has 1 aliphatic heterocycles. The lowest BCUT2D eigenvalue weighted by Gasteiger charge is -2.31. The predicted octanol–water partition coefficient (Wildman–Crippen LogP) is 1.65. The van der Waals surface area contributed by atoms with E-state index in [0.717, 1.165) is 31.8 Å². The molecule has 5 heteroatoms. The summed E-state index contributed by atoms with van der Waals surface area (Å²) in [6.45, 7) is 3.85. The summed E-state index contributed by atoms with van der Waals surface area (Å²) in [4.78, 5) is 25.8. The summed E-state index contributed by atoms with van der Waals surface area (Å²) >= 11 is 0. The monoisotopic (exact) mass is 289 g/mol. The molecule has 3 N–H and O–H groups in total. The van der Waals surface area contributed by atoms with Crippen molar-refractivity contribution in [2.24, 2.45) is 5.92 Å². The van der Waals surface area contributed by atoms with Crippen molar-refractivity contribution >= 4 is 17.5 Å². The van der Waals surface area contributed by atoms with Crippen LogP contribution in [-0.2, 0) is 4.79 Å². The number of likely N-dealkylation sites (tertiary alicyclic amines) is 1. The average Bonchev–Trinajstić information content (AvgIpc) is 2.53. The van der Waals surface area contributed by atoms with Gasteiger partial charge in [0, 0.05) is 24.3 Å². The van der Waals surface area contributed by atoms with Gasteiger partial charge in [-0.15, -0.1) is 0 Å². The number of carbonyl (C=O) groups is 2. The Balaban J connectivity index is 1.78. The lowest BCUT2D eigenvalue weighted by Crippen LogP contribution is -2.44. The fourth-order valence-corrected chi connectivity index (χ4v) is 2.59. The number of anilines is 1. The second-order valence-corrected chi connectivity index (χ2v) is 5.54. The van der Waals surface area contributed by atoms with Crippen LogP contribution in [0.3, 0.4) is 0 Å². The van der Waals surface area contributed by atoms with Gasteiger partial charge in [-0.25, -0.2) is 0 Å². The Morgan fingerprint density at radius 1 is 1.24 bits per heavy atom. The lowest BCUT2D eigenvalue weighted by molar-refractivity contribution is -0.131. The molecule has 1 aromatic carbocycles. The van der Waals surface area contributed by atoms with Gasteiger partial charge in [0.05, 0.1) is 6.54 Å². The molecular formula is C16H23N3O2. The zero-order valence-corrected chi connectivity index (χ0v) is 12.5. The third-order valence-electron chi connectivity index (χ3n) is 4.12. The SMILES string of the molecule is CCC1CCN(C(=O)CNC(=O)c2ccc(N)cc2)CC1. The Hall–Kier alpha value is -2.04. The molecule has 1 saturated heterocycles. The second-order valence-electron chi connectivity index (χ2n) is 5.54. The molecule has 0 aliphatic carbocycles. The van der Waals surface area contributed by atoms with E-state index in [0.29, 0.717) is 11.3 Å². The number of nitrogens with zero attached hydrogens (tertiary/aromatic N) is 1. The Bertz CT molecular complexity index is 491. The molecule has 5 nitrogen and oxygen atoms in total. The number of hydrogen-bond donors (Lipinski definition) is 2. The van der Waals surface area contributed by atoms with Gasteiger partial charge in [0.15, 0.2) is 0 Å². The normalized spacial score (nSPS) is 15.8. The molecule has 1 heterocycles. The fraction of sp³-hybridized carbons (Fsp3) is 0.500. The Labute approximate surface area is 125 Å². The van der Waals surface area contributed by atoms with E-state index < -0.39 is 0 Å². The van der Waals surface area contributed by atoms with Crippen LogP contribution in [0.1, 0.15) is 36.5 Å². The zero-order valence-electron chi connectivity index (χ0n) is 12.5. The molecule has 0 unspecified atom stereocenters. The number of piperidine rings is 1. The Kier molecular flexibility index (Phi) is 5.20. The summed E-state index contributed by atoms with van der Waals surface area (Å²) in [5.41, 5.74) is 6.70. The lowest BCUT2D eigenvalue weighted by atomic mass is 9.94. The first-order chi connectivity index (χ1) is 10.1. The minimum atomic E-state index is -0.244. The van der Waals surface area contributed by atoms with Crippen molar-refractivity contribution in [2.45, 2.75) is 26.2 Å². The maximum absolute atomic E-state index is 12.1. The van der Waals surface area contributed by atoms with Crippen molar-refractivity contribution in [1.82, 2.24) is 10.2 Å². The van der Waals surface area contributed by atoms with Gasteiger partial charge in [0.1, 0.15) is 0 Å². The van der Waals surface area contributed by atoms with Gasteiger partial charge in [0.25, 0.3) is 5.91 Å². The first kappa shape index (κ1) is 15.4. The summed E-state index contributed by atoms with van der Waals surface area (Å²) < 4.78 is 0. The molecule has 0 bridgehead atoms. The highest BCUT2D eigenvalue weighted by molar-refractivity contribution is 5.96. The van der Waals surface area contributed by atoms with E-state index in [2.05, 4.69) is 12.2 Å². The van der Waals surface area contributed by atoms with Crippen LogP contribution in [0.5, 0.6) is 0 Å². The van der Waals surface area contributed by atoms with E-state index in [9.17, 15) is 9.59 Å². The van der Waals surface area contributed by atoms with Crippen LogP contribution in [0.15, 0.2) is 24.3 Å². The third kappa shape index (κ3) is 4.21. The molecule has 0 atom stereocenters. The molecule has 1 fully saturated rings. The van der Waals surface area contributed by atoms with E-state index in [1.807, 2.05) is 4.90 Å². The number of nitrogen functional groups attached to an aromatic ring is 1. The summed E-state index contributed by atoms with van der Waals surface area (Å²) in [5.74, 6) is 0.485. The Morgan fingerprint density at radius 2 is 1.86 bits per heavy atom. The van der Waals surface area contributed by atoms with Crippen molar-refractivity contribution in [3.63, 3.8) is 0 Å². The number of nitrogens with one attached hydrogen (secondary N) is 1. The summed E-state index contributed by atoms with van der Waals surface area (Å²) in [5, 5.41) is 2.67. The van der Waals surface area contributed by atoms with E-state index >= 15 is 0 Å². The quantitative estimate of drug-likeness (QED) is 0.828. The molecule has 0 saturated carbocycles. The molecule has 0 aromatic heterocycles. The third-order valence-corrected chi connectivity index (χ3v) is 4.12.